The minimum atomic E-state index is -3.37. The zero-order chi connectivity index (χ0) is 33.1. The molecule has 1 aromatic heterocycles. The topological polar surface area (TPSA) is 153 Å². The quantitative estimate of drug-likeness (QED) is 0.105. The lowest BCUT2D eigenvalue weighted by atomic mass is 10.0. The van der Waals surface area contributed by atoms with Crippen molar-refractivity contribution < 1.29 is 23.1 Å². The third-order valence-electron chi connectivity index (χ3n) is 8.30. The summed E-state index contributed by atoms with van der Waals surface area (Å²) in [7, 11) is -3.37. The van der Waals surface area contributed by atoms with Gasteiger partial charge in [0.25, 0.3) is 0 Å². The van der Waals surface area contributed by atoms with Crippen LogP contribution in [0.1, 0.15) is 37.7 Å². The number of para-hydroxylation sites is 1. The third kappa shape index (κ3) is 10.4. The van der Waals surface area contributed by atoms with Crippen molar-refractivity contribution in [2.75, 3.05) is 50.3 Å². The largest absolute Gasteiger partial charge is 0.506 e. The molecule has 4 aromatic rings. The van der Waals surface area contributed by atoms with E-state index in [0.717, 1.165) is 71.5 Å². The number of phenolic OH excluding ortho intramolecular Hbond substituents is 1. The standard InChI is InChI=1S/C34H43N5O6S2/c40-30-14-13-26(32-31(30)38-34(42)46-32)15-20-35-18-7-2-8-19-36-47(43,44)24-23-39-21-16-27(17-22-39)45-33(41)37-29-12-6-5-11-28(29)25-9-3-1-4-10-25/h1,3-6,9-14,27,35-36,40H,2,7-8,15-24H2,(H,37,41)(H,38,42). The Balaban J connectivity index is 0.908. The molecular weight excluding hydrogens is 639 g/mol. The van der Waals surface area contributed by atoms with Crippen LogP contribution in [0.15, 0.2) is 71.5 Å². The lowest BCUT2D eigenvalue weighted by Crippen LogP contribution is -2.42. The number of piperidine rings is 1. The highest BCUT2D eigenvalue weighted by molar-refractivity contribution is 7.89. The lowest BCUT2D eigenvalue weighted by Gasteiger charge is -2.31. The van der Waals surface area contributed by atoms with Crippen molar-refractivity contribution in [1.29, 1.82) is 0 Å². The van der Waals surface area contributed by atoms with Gasteiger partial charge in [-0.05, 0) is 68.5 Å². The Morgan fingerprint density at radius 2 is 1.70 bits per heavy atom. The molecule has 13 heteroatoms. The molecule has 0 atom stereocenters. The third-order valence-corrected chi connectivity index (χ3v) is 10.6. The summed E-state index contributed by atoms with van der Waals surface area (Å²) < 4.78 is 34.3. The highest BCUT2D eigenvalue weighted by atomic mass is 32.2. The van der Waals surface area contributed by atoms with Crippen LogP contribution in [0.4, 0.5) is 10.5 Å². The summed E-state index contributed by atoms with van der Waals surface area (Å²) in [6.07, 6.45) is 3.95. The number of hydrogen-bond acceptors (Lipinski definition) is 9. The molecule has 1 saturated heterocycles. The lowest BCUT2D eigenvalue weighted by molar-refractivity contribution is 0.0608. The number of nitrogens with one attached hydrogen (secondary N) is 4. The zero-order valence-corrected chi connectivity index (χ0v) is 28.0. The number of unbranched alkanes of at least 4 members (excludes halogenated alkanes) is 2. The number of hydrogen-bond donors (Lipinski definition) is 5. The number of benzene rings is 3. The number of aromatic nitrogens is 1. The number of fused-ring (bicyclic) bond motifs is 1. The molecule has 0 spiro atoms. The first-order chi connectivity index (χ1) is 22.8. The van der Waals surface area contributed by atoms with E-state index in [4.69, 9.17) is 4.74 Å². The van der Waals surface area contributed by atoms with Crippen LogP contribution in [0.5, 0.6) is 5.75 Å². The predicted octanol–water partition coefficient (Wildman–Crippen LogP) is 4.90. The maximum absolute atomic E-state index is 12.7. The highest BCUT2D eigenvalue weighted by Crippen LogP contribution is 2.29. The van der Waals surface area contributed by atoms with E-state index in [9.17, 15) is 23.1 Å². The van der Waals surface area contributed by atoms with Crippen LogP contribution in [0.2, 0.25) is 0 Å². The molecule has 0 radical (unpaired) electrons. The van der Waals surface area contributed by atoms with E-state index in [1.54, 1.807) is 6.07 Å². The normalized spacial score (nSPS) is 14.4. The number of carbonyl (C=O) groups excluding carboxylic acids is 1. The van der Waals surface area contributed by atoms with E-state index in [1.807, 2.05) is 60.7 Å². The van der Waals surface area contributed by atoms with E-state index in [-0.39, 0.29) is 22.5 Å². The van der Waals surface area contributed by atoms with Crippen molar-refractivity contribution in [2.45, 2.75) is 44.6 Å². The first-order valence-electron chi connectivity index (χ1n) is 16.1. The molecule has 5 rings (SSSR count). The molecule has 3 aromatic carbocycles. The van der Waals surface area contributed by atoms with E-state index in [1.165, 1.54) is 0 Å². The second kappa shape index (κ2) is 16.9. The second-order valence-corrected chi connectivity index (χ2v) is 14.6. The summed E-state index contributed by atoms with van der Waals surface area (Å²) in [6.45, 7) is 3.76. The molecule has 0 aliphatic carbocycles. The fraction of sp³-hybridized carbons (Fsp3) is 0.412. The van der Waals surface area contributed by atoms with E-state index in [0.29, 0.717) is 50.2 Å². The summed E-state index contributed by atoms with van der Waals surface area (Å²) in [6, 6.07) is 20.9. The molecule has 0 unspecified atom stereocenters. The molecule has 5 N–H and O–H groups in total. The van der Waals surface area contributed by atoms with E-state index in [2.05, 4.69) is 25.2 Å². The molecule has 0 bridgehead atoms. The van der Waals surface area contributed by atoms with Gasteiger partial charge in [0.1, 0.15) is 17.4 Å². The molecule has 2 heterocycles. The summed E-state index contributed by atoms with van der Waals surface area (Å²) >= 11 is 1.11. The van der Waals surface area contributed by atoms with Gasteiger partial charge in [-0.15, -0.1) is 0 Å². The van der Waals surface area contributed by atoms with Crippen LogP contribution in [-0.4, -0.2) is 80.6 Å². The second-order valence-electron chi connectivity index (χ2n) is 11.7. The average molecular weight is 682 g/mol. The monoisotopic (exact) mass is 681 g/mol. The summed E-state index contributed by atoms with van der Waals surface area (Å²) in [5.41, 5.74) is 4.14. The van der Waals surface area contributed by atoms with Crippen LogP contribution < -0.4 is 20.2 Å². The maximum Gasteiger partial charge on any atom is 0.411 e. The van der Waals surface area contributed by atoms with E-state index >= 15 is 0 Å². The Bertz CT molecular complexity index is 1770. The number of amides is 1. The Morgan fingerprint density at radius 3 is 2.51 bits per heavy atom. The molecule has 1 aliphatic rings. The molecule has 252 valence electrons. The number of aromatic hydroxyl groups is 1. The van der Waals surface area contributed by atoms with Crippen molar-refractivity contribution in [3.05, 3.63) is 82.0 Å². The minimum absolute atomic E-state index is 0.0389. The maximum atomic E-state index is 12.7. The van der Waals surface area contributed by atoms with Gasteiger partial charge in [0.05, 0.1) is 16.1 Å². The number of aromatic amines is 1. The molecule has 47 heavy (non-hydrogen) atoms. The van der Waals surface area contributed by atoms with Gasteiger partial charge < -0.3 is 25.0 Å². The number of carbonyl (C=O) groups is 1. The molecule has 1 amide bonds. The van der Waals surface area contributed by atoms with Crippen molar-refractivity contribution in [1.82, 2.24) is 19.9 Å². The number of ether oxygens (including phenoxy) is 1. The summed E-state index contributed by atoms with van der Waals surface area (Å²) in [5, 5.41) is 16.2. The Labute approximate surface area is 279 Å². The number of H-pyrrole nitrogens is 1. The van der Waals surface area contributed by atoms with Crippen molar-refractivity contribution >= 4 is 43.4 Å². The van der Waals surface area contributed by atoms with Gasteiger partial charge in [-0.25, -0.2) is 17.9 Å². The van der Waals surface area contributed by atoms with E-state index < -0.39 is 16.1 Å². The van der Waals surface area contributed by atoms with Gasteiger partial charge in [-0.2, -0.15) is 0 Å². The van der Waals surface area contributed by atoms with Crippen molar-refractivity contribution in [3.63, 3.8) is 0 Å². The summed E-state index contributed by atoms with van der Waals surface area (Å²) in [5.74, 6) is 0.123. The Morgan fingerprint density at radius 1 is 0.957 bits per heavy atom. The van der Waals surface area contributed by atoms with Gasteiger partial charge in [-0.1, -0.05) is 72.4 Å². The molecule has 11 nitrogen and oxygen atoms in total. The van der Waals surface area contributed by atoms with Crippen LogP contribution in [-0.2, 0) is 21.2 Å². The number of rotatable bonds is 16. The first-order valence-corrected chi connectivity index (χ1v) is 18.6. The smallest absolute Gasteiger partial charge is 0.411 e. The van der Waals surface area contributed by atoms with Crippen LogP contribution in [0, 0.1) is 0 Å². The SMILES string of the molecule is O=C(Nc1ccccc1-c1ccccc1)OC1CCN(CCS(=O)(=O)NCCCCCNCCc2ccc(O)c3[nH]c(=O)sc23)CC1. The first kappa shape index (κ1) is 34.6. The molecular formula is C34H43N5O6S2. The van der Waals surface area contributed by atoms with Crippen molar-refractivity contribution in [2.24, 2.45) is 0 Å². The van der Waals surface area contributed by atoms with Gasteiger partial charge in [0, 0.05) is 31.7 Å². The Kier molecular flexibility index (Phi) is 12.4. The number of nitrogens with zero attached hydrogens (tertiary/aromatic N) is 1. The van der Waals surface area contributed by atoms with Crippen LogP contribution >= 0.6 is 11.3 Å². The number of sulfonamides is 1. The highest BCUT2D eigenvalue weighted by Gasteiger charge is 2.24. The van der Waals surface area contributed by atoms with Gasteiger partial charge in [-0.3, -0.25) is 10.1 Å². The average Bonchev–Trinajstić information content (AvgIpc) is 3.47. The van der Waals surface area contributed by atoms with Crippen LogP contribution in [0.3, 0.4) is 0 Å². The predicted molar refractivity (Wildman–Crippen MR) is 188 cm³/mol. The molecule has 1 aliphatic heterocycles. The Hall–Kier alpha value is -3.75. The number of anilines is 1. The fourth-order valence-electron chi connectivity index (χ4n) is 5.72. The number of likely N-dealkylation sites (tertiary alicyclic amines) is 1. The summed E-state index contributed by atoms with van der Waals surface area (Å²) in [4.78, 5) is 28.9. The van der Waals surface area contributed by atoms with Gasteiger partial charge in [0.15, 0.2) is 0 Å². The zero-order valence-electron chi connectivity index (χ0n) is 26.4. The van der Waals surface area contributed by atoms with Crippen molar-refractivity contribution in [3.8, 4) is 16.9 Å². The number of phenols is 1. The molecule has 0 saturated carbocycles. The minimum Gasteiger partial charge on any atom is -0.506 e. The van der Waals surface area contributed by atoms with Crippen LogP contribution in [0.25, 0.3) is 21.3 Å². The van der Waals surface area contributed by atoms with Gasteiger partial charge in [0.2, 0.25) is 10.0 Å². The fourth-order valence-corrected chi connectivity index (χ4v) is 7.72. The molecule has 1 fully saturated rings. The van der Waals surface area contributed by atoms with Gasteiger partial charge >= 0.3 is 11.0 Å². The number of thiazole rings is 1.